The van der Waals surface area contributed by atoms with Gasteiger partial charge >= 0.3 is 0 Å². The van der Waals surface area contributed by atoms with Crippen LogP contribution in [0, 0.1) is 13.8 Å². The first-order valence-corrected chi connectivity index (χ1v) is 9.43. The number of thioether (sulfide) groups is 1. The standard InChI is InChI=1S/C18H25N3O2S/c1-11-12(2)20-16-6-5-14(9-15(11)16)10-19-18(23)17(7-8-24-4)21-13(3)22/h5-6,9,17,20H,7-8,10H2,1-4H3,(H,19,23)(H,21,22)/t17-/m0/s1. The SMILES string of the molecule is CSCC[C@H](NC(C)=O)C(=O)NCc1ccc2[nH]c(C)c(C)c2c1. The molecule has 1 aromatic heterocycles. The number of carbonyl (C=O) groups is 2. The number of benzene rings is 1. The Labute approximate surface area is 147 Å². The van der Waals surface area contributed by atoms with Crippen molar-refractivity contribution in [3.63, 3.8) is 0 Å². The van der Waals surface area contributed by atoms with Crippen LogP contribution in [0.15, 0.2) is 18.2 Å². The minimum absolute atomic E-state index is 0.138. The van der Waals surface area contributed by atoms with E-state index in [1.807, 2.05) is 18.4 Å². The minimum Gasteiger partial charge on any atom is -0.358 e. The number of hydrogen-bond donors (Lipinski definition) is 3. The summed E-state index contributed by atoms with van der Waals surface area (Å²) in [6.07, 6.45) is 2.61. The second kappa shape index (κ2) is 8.24. The first-order valence-electron chi connectivity index (χ1n) is 8.04. The summed E-state index contributed by atoms with van der Waals surface area (Å²) in [5, 5.41) is 6.84. The van der Waals surface area contributed by atoms with Crippen LogP contribution < -0.4 is 10.6 Å². The number of aromatic amines is 1. The molecular weight excluding hydrogens is 322 g/mol. The maximum absolute atomic E-state index is 12.4. The highest BCUT2D eigenvalue weighted by Gasteiger charge is 2.18. The van der Waals surface area contributed by atoms with Crippen LogP contribution in [-0.2, 0) is 16.1 Å². The Balaban J connectivity index is 2.03. The molecule has 2 aromatic rings. The number of hydrogen-bond acceptors (Lipinski definition) is 3. The van der Waals surface area contributed by atoms with Crippen LogP contribution in [0.1, 0.15) is 30.2 Å². The van der Waals surface area contributed by atoms with E-state index < -0.39 is 6.04 Å². The van der Waals surface area contributed by atoms with Gasteiger partial charge in [0.05, 0.1) is 0 Å². The number of nitrogens with one attached hydrogen (secondary N) is 3. The summed E-state index contributed by atoms with van der Waals surface area (Å²) in [6.45, 7) is 6.03. The van der Waals surface area contributed by atoms with Gasteiger partial charge in [-0.1, -0.05) is 6.07 Å². The molecule has 5 nitrogen and oxygen atoms in total. The molecule has 0 saturated carbocycles. The molecule has 2 amide bonds. The number of aromatic nitrogens is 1. The third-order valence-electron chi connectivity index (χ3n) is 4.14. The van der Waals surface area contributed by atoms with Crippen molar-refractivity contribution in [2.45, 2.75) is 39.8 Å². The Morgan fingerprint density at radius 3 is 2.71 bits per heavy atom. The van der Waals surface area contributed by atoms with E-state index >= 15 is 0 Å². The number of rotatable bonds is 7. The van der Waals surface area contributed by atoms with Crippen LogP contribution in [0.5, 0.6) is 0 Å². The molecule has 0 radical (unpaired) electrons. The van der Waals surface area contributed by atoms with Gasteiger partial charge in [0.2, 0.25) is 11.8 Å². The van der Waals surface area contributed by atoms with Gasteiger partial charge in [0.25, 0.3) is 0 Å². The van der Waals surface area contributed by atoms with E-state index in [0.29, 0.717) is 13.0 Å². The molecule has 1 heterocycles. The molecule has 1 aromatic carbocycles. The van der Waals surface area contributed by atoms with E-state index in [0.717, 1.165) is 22.5 Å². The lowest BCUT2D eigenvalue weighted by atomic mass is 10.1. The molecule has 0 aliphatic carbocycles. The van der Waals surface area contributed by atoms with Gasteiger partial charge in [0, 0.05) is 30.1 Å². The van der Waals surface area contributed by atoms with Crippen molar-refractivity contribution in [1.29, 1.82) is 0 Å². The molecule has 24 heavy (non-hydrogen) atoms. The van der Waals surface area contributed by atoms with Crippen molar-refractivity contribution in [1.82, 2.24) is 15.6 Å². The summed E-state index contributed by atoms with van der Waals surface area (Å²) < 4.78 is 0. The third-order valence-corrected chi connectivity index (χ3v) is 4.79. The molecule has 0 fully saturated rings. The molecule has 1 atom stereocenters. The largest absolute Gasteiger partial charge is 0.358 e. The summed E-state index contributed by atoms with van der Waals surface area (Å²) in [4.78, 5) is 27.0. The van der Waals surface area contributed by atoms with Crippen molar-refractivity contribution < 1.29 is 9.59 Å². The van der Waals surface area contributed by atoms with Crippen LogP contribution in [0.25, 0.3) is 10.9 Å². The van der Waals surface area contributed by atoms with Crippen LogP contribution in [0.4, 0.5) is 0 Å². The molecule has 0 unspecified atom stereocenters. The number of fused-ring (bicyclic) bond motifs is 1. The predicted octanol–water partition coefficient (Wildman–Crippen LogP) is 2.66. The summed E-state index contributed by atoms with van der Waals surface area (Å²) in [5.74, 6) is 0.504. The monoisotopic (exact) mass is 347 g/mol. The lowest BCUT2D eigenvalue weighted by Gasteiger charge is -2.17. The predicted molar refractivity (Wildman–Crippen MR) is 100 cm³/mol. The van der Waals surface area contributed by atoms with E-state index in [1.54, 1.807) is 11.8 Å². The van der Waals surface area contributed by atoms with Gasteiger partial charge in [-0.15, -0.1) is 0 Å². The molecule has 0 aliphatic heterocycles. The molecule has 3 N–H and O–H groups in total. The Morgan fingerprint density at radius 1 is 1.29 bits per heavy atom. The molecule has 130 valence electrons. The summed E-state index contributed by atoms with van der Waals surface area (Å²) in [5.41, 5.74) is 4.55. The number of H-pyrrole nitrogens is 1. The fraction of sp³-hybridized carbons (Fsp3) is 0.444. The van der Waals surface area contributed by atoms with Gasteiger partial charge in [-0.25, -0.2) is 0 Å². The summed E-state index contributed by atoms with van der Waals surface area (Å²) in [7, 11) is 0. The average molecular weight is 347 g/mol. The van der Waals surface area contributed by atoms with Crippen LogP contribution in [0.3, 0.4) is 0 Å². The molecule has 6 heteroatoms. The van der Waals surface area contributed by atoms with Crippen molar-refractivity contribution in [3.05, 3.63) is 35.0 Å². The molecular formula is C18H25N3O2S. The van der Waals surface area contributed by atoms with Crippen molar-refractivity contribution in [2.24, 2.45) is 0 Å². The molecule has 2 rings (SSSR count). The summed E-state index contributed by atoms with van der Waals surface area (Å²) in [6, 6.07) is 5.67. The number of amides is 2. The first-order chi connectivity index (χ1) is 11.4. The van der Waals surface area contributed by atoms with E-state index in [9.17, 15) is 9.59 Å². The molecule has 0 saturated heterocycles. The zero-order valence-electron chi connectivity index (χ0n) is 14.7. The first kappa shape index (κ1) is 18.4. The zero-order valence-corrected chi connectivity index (χ0v) is 15.5. The lowest BCUT2D eigenvalue weighted by molar-refractivity contribution is -0.128. The fourth-order valence-corrected chi connectivity index (χ4v) is 3.15. The molecule has 0 spiro atoms. The Bertz CT molecular complexity index is 739. The maximum atomic E-state index is 12.4. The van der Waals surface area contributed by atoms with Crippen molar-refractivity contribution >= 4 is 34.5 Å². The molecule has 0 aliphatic rings. The van der Waals surface area contributed by atoms with Gasteiger partial charge in [-0.2, -0.15) is 11.8 Å². The minimum atomic E-state index is -0.477. The van der Waals surface area contributed by atoms with E-state index in [4.69, 9.17) is 0 Å². The Hall–Kier alpha value is -1.95. The van der Waals surface area contributed by atoms with Gasteiger partial charge in [0.15, 0.2) is 0 Å². The van der Waals surface area contributed by atoms with Gasteiger partial charge in [0.1, 0.15) is 6.04 Å². The second-order valence-corrected chi connectivity index (χ2v) is 6.99. The maximum Gasteiger partial charge on any atom is 0.242 e. The normalized spacial score (nSPS) is 12.2. The molecule has 0 bridgehead atoms. The highest BCUT2D eigenvalue weighted by molar-refractivity contribution is 7.98. The van der Waals surface area contributed by atoms with Crippen molar-refractivity contribution in [2.75, 3.05) is 12.0 Å². The van der Waals surface area contributed by atoms with Gasteiger partial charge in [-0.05, 0) is 55.5 Å². The van der Waals surface area contributed by atoms with Crippen LogP contribution >= 0.6 is 11.8 Å². The van der Waals surface area contributed by atoms with Gasteiger partial charge < -0.3 is 15.6 Å². The van der Waals surface area contributed by atoms with E-state index in [1.165, 1.54) is 17.9 Å². The highest BCUT2D eigenvalue weighted by Crippen LogP contribution is 2.22. The third kappa shape index (κ3) is 4.54. The van der Waals surface area contributed by atoms with E-state index in [-0.39, 0.29) is 11.8 Å². The average Bonchev–Trinajstić information content (AvgIpc) is 2.83. The lowest BCUT2D eigenvalue weighted by Crippen LogP contribution is -2.46. The second-order valence-electron chi connectivity index (χ2n) is 6.01. The van der Waals surface area contributed by atoms with E-state index in [2.05, 4.69) is 35.5 Å². The number of aryl methyl sites for hydroxylation is 2. The summed E-state index contributed by atoms with van der Waals surface area (Å²) >= 11 is 1.66. The zero-order chi connectivity index (χ0) is 17.7. The quantitative estimate of drug-likeness (QED) is 0.721. The van der Waals surface area contributed by atoms with Gasteiger partial charge in [-0.3, -0.25) is 9.59 Å². The smallest absolute Gasteiger partial charge is 0.242 e. The Morgan fingerprint density at radius 2 is 2.04 bits per heavy atom. The van der Waals surface area contributed by atoms with Crippen LogP contribution in [0.2, 0.25) is 0 Å². The fourth-order valence-electron chi connectivity index (χ4n) is 2.68. The highest BCUT2D eigenvalue weighted by atomic mass is 32.2. The number of carbonyl (C=O) groups excluding carboxylic acids is 2. The Kier molecular flexibility index (Phi) is 6.31. The van der Waals surface area contributed by atoms with Crippen molar-refractivity contribution in [3.8, 4) is 0 Å². The topological polar surface area (TPSA) is 74.0 Å². The van der Waals surface area contributed by atoms with Crippen LogP contribution in [-0.4, -0.2) is 34.8 Å².